The number of nitrogens with zero attached hydrogens (tertiary/aromatic N) is 1. The average molecular weight is 269 g/mol. The van der Waals surface area contributed by atoms with Crippen molar-refractivity contribution in [3.8, 4) is 0 Å². The van der Waals surface area contributed by atoms with Crippen molar-refractivity contribution in [2.45, 2.75) is 12.3 Å². The van der Waals surface area contributed by atoms with Crippen molar-refractivity contribution in [1.29, 1.82) is 0 Å². The van der Waals surface area contributed by atoms with Crippen molar-refractivity contribution in [3.05, 3.63) is 0 Å². The predicted octanol–water partition coefficient (Wildman–Crippen LogP) is -3.68. The molecule has 5 N–H and O–H groups in total. The van der Waals surface area contributed by atoms with Gasteiger partial charge in [-0.2, -0.15) is 0 Å². The first-order valence-corrected chi connectivity index (χ1v) is 4.92. The molecule has 0 aromatic carbocycles. The van der Waals surface area contributed by atoms with Crippen LogP contribution in [0, 0.1) is 0 Å². The molecule has 0 radical (unpaired) electrons. The lowest BCUT2D eigenvalue weighted by molar-refractivity contribution is -0.125. The van der Waals surface area contributed by atoms with E-state index in [2.05, 4.69) is 4.99 Å². The van der Waals surface area contributed by atoms with Gasteiger partial charge in [-0.15, -0.1) is 0 Å². The van der Waals surface area contributed by atoms with Gasteiger partial charge in [0.15, 0.2) is 18.0 Å². The zero-order valence-corrected chi connectivity index (χ0v) is 9.09. The van der Waals surface area contributed by atoms with Gasteiger partial charge in [0.25, 0.3) is 17.7 Å². The number of barbiturate groups is 1. The van der Waals surface area contributed by atoms with Crippen molar-refractivity contribution in [3.63, 3.8) is 0 Å². The molecule has 0 unspecified atom stereocenters. The highest BCUT2D eigenvalue weighted by molar-refractivity contribution is 6.69. The summed E-state index contributed by atoms with van der Waals surface area (Å²) in [6.45, 7) is 0. The number of aliphatic imine (C=N–C) groups is 1. The van der Waals surface area contributed by atoms with Gasteiger partial charge in [-0.1, -0.05) is 0 Å². The topological polar surface area (TPSA) is 166 Å². The lowest BCUT2D eigenvalue weighted by Gasteiger charge is -2.25. The maximum absolute atomic E-state index is 11.4. The number of rotatable bonds is 1. The van der Waals surface area contributed by atoms with Crippen LogP contribution in [0.1, 0.15) is 0 Å². The van der Waals surface area contributed by atoms with E-state index >= 15 is 0 Å². The Hall–Kier alpha value is -2.82. The summed E-state index contributed by atoms with van der Waals surface area (Å²) in [6.07, 6.45) is -1.69. The standard InChI is InChI=1S/C8H7N5O6/c14-3-1(4(15)11-7(18)10-3)9-2-5(16)12-8(19)13-6(2)17/h1,3,14H,(H2,10,11,15,18)(H2,12,13,16,17,19)/t1-,3+/m0/s1. The summed E-state index contributed by atoms with van der Waals surface area (Å²) in [6, 6.07) is -3.52. The molecule has 2 heterocycles. The van der Waals surface area contributed by atoms with Gasteiger partial charge in [0.1, 0.15) is 0 Å². The Morgan fingerprint density at radius 1 is 0.895 bits per heavy atom. The number of aliphatic hydroxyl groups excluding tert-OH is 1. The smallest absolute Gasteiger partial charge is 0.328 e. The summed E-state index contributed by atoms with van der Waals surface area (Å²) >= 11 is 0. The van der Waals surface area contributed by atoms with Crippen LogP contribution >= 0.6 is 0 Å². The van der Waals surface area contributed by atoms with Gasteiger partial charge in [-0.25, -0.2) is 9.59 Å². The third-order valence-electron chi connectivity index (χ3n) is 2.24. The first-order chi connectivity index (χ1) is 8.88. The summed E-state index contributed by atoms with van der Waals surface area (Å²) in [5, 5.41) is 16.7. The van der Waals surface area contributed by atoms with Crippen molar-refractivity contribution >= 4 is 35.5 Å². The molecular formula is C8H7N5O6. The zero-order valence-electron chi connectivity index (χ0n) is 9.09. The van der Waals surface area contributed by atoms with E-state index in [0.29, 0.717) is 0 Å². The average Bonchev–Trinajstić information content (AvgIpc) is 2.25. The SMILES string of the molecule is O=C1NC(=O)C(=N[C@@H]2C(=O)NC(=O)N[C@@H]2O)C(=O)N1. The van der Waals surface area contributed by atoms with Crippen LogP contribution in [0.2, 0.25) is 0 Å². The monoisotopic (exact) mass is 269 g/mol. The van der Waals surface area contributed by atoms with Crippen LogP contribution in [-0.2, 0) is 14.4 Å². The minimum Gasteiger partial charge on any atom is -0.371 e. The van der Waals surface area contributed by atoms with Gasteiger partial charge in [0, 0.05) is 0 Å². The fraction of sp³-hybridized carbons (Fsp3) is 0.250. The number of carbonyl (C=O) groups is 5. The third kappa shape index (κ3) is 2.40. The Labute approximate surface area is 104 Å². The molecule has 0 saturated carbocycles. The first kappa shape index (κ1) is 12.6. The molecule has 11 nitrogen and oxygen atoms in total. The van der Waals surface area contributed by atoms with Gasteiger partial charge in [0.05, 0.1) is 0 Å². The van der Waals surface area contributed by atoms with Crippen LogP contribution in [0.25, 0.3) is 0 Å². The summed E-state index contributed by atoms with van der Waals surface area (Å²) in [7, 11) is 0. The van der Waals surface area contributed by atoms with E-state index in [-0.39, 0.29) is 0 Å². The number of hydrogen-bond acceptors (Lipinski definition) is 7. The van der Waals surface area contributed by atoms with E-state index in [1.54, 1.807) is 16.0 Å². The molecule has 0 aromatic rings. The fourth-order valence-electron chi connectivity index (χ4n) is 1.42. The van der Waals surface area contributed by atoms with E-state index in [0.717, 1.165) is 0 Å². The fourth-order valence-corrected chi connectivity index (χ4v) is 1.42. The number of amides is 7. The number of carbonyl (C=O) groups excluding carboxylic acids is 5. The van der Waals surface area contributed by atoms with E-state index in [1.165, 1.54) is 0 Å². The molecule has 0 aliphatic carbocycles. The Kier molecular flexibility index (Phi) is 2.96. The lowest BCUT2D eigenvalue weighted by Crippen LogP contribution is -2.62. The summed E-state index contributed by atoms with van der Waals surface area (Å²) in [5.41, 5.74) is -0.755. The quantitative estimate of drug-likeness (QED) is 0.328. The summed E-state index contributed by atoms with van der Waals surface area (Å²) < 4.78 is 0. The van der Waals surface area contributed by atoms with Gasteiger partial charge < -0.3 is 10.4 Å². The Bertz CT molecular complexity index is 518. The van der Waals surface area contributed by atoms with Crippen molar-refractivity contribution in [2.24, 2.45) is 4.99 Å². The lowest BCUT2D eigenvalue weighted by atomic mass is 10.2. The van der Waals surface area contributed by atoms with Crippen molar-refractivity contribution in [1.82, 2.24) is 21.3 Å². The minimum absolute atomic E-state index is 0.755. The number of nitrogens with one attached hydrogen (secondary N) is 4. The van der Waals surface area contributed by atoms with E-state index in [4.69, 9.17) is 0 Å². The Morgan fingerprint density at radius 3 is 2.00 bits per heavy atom. The summed E-state index contributed by atoms with van der Waals surface area (Å²) in [5.74, 6) is -3.20. The molecule has 2 rings (SSSR count). The normalized spacial score (nSPS) is 27.2. The molecule has 11 heteroatoms. The van der Waals surface area contributed by atoms with Crippen LogP contribution < -0.4 is 21.3 Å². The molecule has 7 amide bonds. The number of hydrogen-bond donors (Lipinski definition) is 5. The van der Waals surface area contributed by atoms with Crippen molar-refractivity contribution in [2.75, 3.05) is 0 Å². The van der Waals surface area contributed by atoms with Crippen LogP contribution in [0.15, 0.2) is 4.99 Å². The second kappa shape index (κ2) is 4.45. The molecule has 2 fully saturated rings. The van der Waals surface area contributed by atoms with Crippen LogP contribution in [0.3, 0.4) is 0 Å². The maximum atomic E-state index is 11.4. The van der Waals surface area contributed by atoms with Crippen molar-refractivity contribution < 1.29 is 29.1 Å². The molecule has 2 atom stereocenters. The number of urea groups is 2. The van der Waals surface area contributed by atoms with Crippen LogP contribution in [0.5, 0.6) is 0 Å². The highest BCUT2D eigenvalue weighted by atomic mass is 16.3. The zero-order chi connectivity index (χ0) is 14.2. The highest BCUT2D eigenvalue weighted by Gasteiger charge is 2.37. The van der Waals surface area contributed by atoms with E-state index in [1.807, 2.05) is 5.32 Å². The van der Waals surface area contributed by atoms with E-state index in [9.17, 15) is 29.1 Å². The molecule has 2 aliphatic heterocycles. The van der Waals surface area contributed by atoms with Gasteiger partial charge >= 0.3 is 12.1 Å². The summed E-state index contributed by atoms with van der Waals surface area (Å²) in [4.78, 5) is 59.2. The molecule has 0 bridgehead atoms. The molecule has 0 spiro atoms. The van der Waals surface area contributed by atoms with Crippen LogP contribution in [0.4, 0.5) is 9.59 Å². The van der Waals surface area contributed by atoms with E-state index < -0.39 is 47.8 Å². The van der Waals surface area contributed by atoms with Gasteiger partial charge in [0.2, 0.25) is 0 Å². The number of aliphatic hydroxyl groups is 1. The maximum Gasteiger partial charge on any atom is 0.328 e. The van der Waals surface area contributed by atoms with Crippen LogP contribution in [-0.4, -0.2) is 52.9 Å². The molecule has 19 heavy (non-hydrogen) atoms. The molecule has 2 aliphatic rings. The second-order valence-corrected chi connectivity index (χ2v) is 3.57. The predicted molar refractivity (Wildman–Crippen MR) is 55.6 cm³/mol. The first-order valence-electron chi connectivity index (χ1n) is 4.92. The third-order valence-corrected chi connectivity index (χ3v) is 2.24. The molecular weight excluding hydrogens is 262 g/mol. The Morgan fingerprint density at radius 2 is 1.47 bits per heavy atom. The second-order valence-electron chi connectivity index (χ2n) is 3.57. The highest BCUT2D eigenvalue weighted by Crippen LogP contribution is 2.04. The largest absolute Gasteiger partial charge is 0.371 e. The Balaban J connectivity index is 2.27. The van der Waals surface area contributed by atoms with Gasteiger partial charge in [-0.3, -0.25) is 35.3 Å². The van der Waals surface area contributed by atoms with Gasteiger partial charge in [-0.05, 0) is 0 Å². The number of imide groups is 3. The molecule has 0 aromatic heterocycles. The minimum atomic E-state index is -1.69. The molecule has 2 saturated heterocycles. The molecule has 100 valence electrons.